The molecule has 1 fully saturated rings. The minimum absolute atomic E-state index is 0.0203. The second-order valence-corrected chi connectivity index (χ2v) is 6.65. The lowest BCUT2D eigenvalue weighted by Gasteiger charge is -2.21. The molecule has 2 nitrogen and oxygen atoms in total. The molecule has 1 N–H and O–H groups in total. The Morgan fingerprint density at radius 1 is 1.45 bits per heavy atom. The summed E-state index contributed by atoms with van der Waals surface area (Å²) < 4.78 is 37.6. The van der Waals surface area contributed by atoms with Crippen molar-refractivity contribution in [3.8, 4) is 0 Å². The van der Waals surface area contributed by atoms with E-state index >= 15 is 0 Å². The largest absolute Gasteiger partial charge is 0.417 e. The molecule has 1 heterocycles. The zero-order chi connectivity index (χ0) is 14.8. The lowest BCUT2D eigenvalue weighted by Crippen LogP contribution is -2.27. The maximum absolute atomic E-state index is 12.5. The fourth-order valence-corrected chi connectivity index (χ4v) is 3.80. The molecule has 1 saturated carbocycles. The van der Waals surface area contributed by atoms with E-state index in [2.05, 4.69) is 17.2 Å². The summed E-state index contributed by atoms with van der Waals surface area (Å²) in [4.78, 5) is 3.83. The zero-order valence-electron chi connectivity index (χ0n) is 11.0. The number of hydrogen-bond acceptors (Lipinski definition) is 3. The first-order valence-electron chi connectivity index (χ1n) is 6.52. The first kappa shape index (κ1) is 15.8. The van der Waals surface area contributed by atoms with Crippen LogP contribution in [-0.2, 0) is 6.18 Å². The van der Waals surface area contributed by atoms with Gasteiger partial charge in [0, 0.05) is 17.5 Å². The zero-order valence-corrected chi connectivity index (χ0v) is 12.6. The highest BCUT2D eigenvalue weighted by molar-refractivity contribution is 7.99. The van der Waals surface area contributed by atoms with Gasteiger partial charge in [0.2, 0.25) is 0 Å². The SMILES string of the molecule is CCSC1CCCC1Nc1ncc(C(F)(F)F)cc1Cl. The van der Waals surface area contributed by atoms with Gasteiger partial charge in [0.1, 0.15) is 5.82 Å². The smallest absolute Gasteiger partial charge is 0.365 e. The molecule has 0 spiro atoms. The molecule has 1 aromatic heterocycles. The van der Waals surface area contributed by atoms with E-state index in [1.807, 2.05) is 11.8 Å². The summed E-state index contributed by atoms with van der Waals surface area (Å²) in [6, 6.07) is 1.15. The molecular weight excluding hydrogens is 309 g/mol. The number of halogens is 4. The van der Waals surface area contributed by atoms with Gasteiger partial charge in [-0.15, -0.1) is 0 Å². The predicted octanol–water partition coefficient (Wildman–Crippen LogP) is 4.84. The van der Waals surface area contributed by atoms with Crippen LogP contribution in [0.15, 0.2) is 12.3 Å². The van der Waals surface area contributed by atoms with Crippen LogP contribution in [0.5, 0.6) is 0 Å². The minimum atomic E-state index is -4.41. The van der Waals surface area contributed by atoms with Gasteiger partial charge in [-0.05, 0) is 24.7 Å². The molecule has 0 saturated heterocycles. The third-order valence-corrected chi connectivity index (χ3v) is 4.94. The van der Waals surface area contributed by atoms with Crippen LogP contribution in [0, 0.1) is 0 Å². The van der Waals surface area contributed by atoms with E-state index in [4.69, 9.17) is 11.6 Å². The summed E-state index contributed by atoms with van der Waals surface area (Å²) in [5.41, 5.74) is -0.820. The second-order valence-electron chi connectivity index (χ2n) is 4.73. The van der Waals surface area contributed by atoms with Crippen LogP contribution >= 0.6 is 23.4 Å². The molecule has 2 rings (SSSR count). The number of hydrogen-bond donors (Lipinski definition) is 1. The summed E-state index contributed by atoms with van der Waals surface area (Å²) in [5, 5.41) is 3.68. The maximum Gasteiger partial charge on any atom is 0.417 e. The van der Waals surface area contributed by atoms with Crippen LogP contribution in [0.1, 0.15) is 31.7 Å². The number of nitrogens with one attached hydrogen (secondary N) is 1. The van der Waals surface area contributed by atoms with Crippen LogP contribution in [0.4, 0.5) is 19.0 Å². The molecule has 0 aromatic carbocycles. The van der Waals surface area contributed by atoms with Crippen molar-refractivity contribution in [1.82, 2.24) is 4.98 Å². The first-order valence-corrected chi connectivity index (χ1v) is 7.95. The molecule has 20 heavy (non-hydrogen) atoms. The molecule has 7 heteroatoms. The molecule has 1 aromatic rings. The molecule has 2 atom stereocenters. The minimum Gasteiger partial charge on any atom is -0.365 e. The summed E-state index contributed by atoms with van der Waals surface area (Å²) in [6.07, 6.45) is -0.354. The van der Waals surface area contributed by atoms with Gasteiger partial charge in [0.25, 0.3) is 0 Å². The fourth-order valence-electron chi connectivity index (χ4n) is 2.38. The molecule has 0 bridgehead atoms. The van der Waals surface area contributed by atoms with Crippen molar-refractivity contribution in [3.05, 3.63) is 22.8 Å². The topological polar surface area (TPSA) is 24.9 Å². The van der Waals surface area contributed by atoms with Crippen LogP contribution in [0.2, 0.25) is 5.02 Å². The number of rotatable bonds is 4. The van der Waals surface area contributed by atoms with E-state index in [9.17, 15) is 13.2 Å². The van der Waals surface area contributed by atoms with E-state index in [0.29, 0.717) is 11.1 Å². The van der Waals surface area contributed by atoms with Gasteiger partial charge >= 0.3 is 6.18 Å². The molecule has 0 aliphatic heterocycles. The van der Waals surface area contributed by atoms with Gasteiger partial charge in [-0.1, -0.05) is 24.9 Å². The van der Waals surface area contributed by atoms with Crippen molar-refractivity contribution in [1.29, 1.82) is 0 Å². The average Bonchev–Trinajstić information content (AvgIpc) is 2.78. The Morgan fingerprint density at radius 3 is 2.80 bits per heavy atom. The molecule has 2 unspecified atom stereocenters. The molecule has 1 aliphatic carbocycles. The van der Waals surface area contributed by atoms with Crippen LogP contribution in [0.3, 0.4) is 0 Å². The van der Waals surface area contributed by atoms with Crippen LogP contribution in [-0.4, -0.2) is 22.0 Å². The monoisotopic (exact) mass is 324 g/mol. The predicted molar refractivity (Wildman–Crippen MR) is 77.4 cm³/mol. The Morgan fingerprint density at radius 2 is 2.20 bits per heavy atom. The summed E-state index contributed by atoms with van der Waals surface area (Å²) in [6.45, 7) is 2.10. The van der Waals surface area contributed by atoms with Crippen molar-refractivity contribution < 1.29 is 13.2 Å². The Kier molecular flexibility index (Phi) is 5.07. The van der Waals surface area contributed by atoms with Crippen molar-refractivity contribution in [2.24, 2.45) is 0 Å². The van der Waals surface area contributed by atoms with Crippen molar-refractivity contribution in [2.45, 2.75) is 43.7 Å². The van der Waals surface area contributed by atoms with Gasteiger partial charge in [0.15, 0.2) is 0 Å². The molecule has 0 radical (unpaired) electrons. The van der Waals surface area contributed by atoms with Crippen molar-refractivity contribution >= 4 is 29.2 Å². The number of thioether (sulfide) groups is 1. The molecule has 0 amide bonds. The van der Waals surface area contributed by atoms with Crippen LogP contribution < -0.4 is 5.32 Å². The third kappa shape index (κ3) is 3.73. The third-order valence-electron chi connectivity index (χ3n) is 3.32. The molecule has 1 aliphatic rings. The molecular formula is C13H16ClF3N2S. The van der Waals surface area contributed by atoms with E-state index in [-0.39, 0.29) is 11.1 Å². The maximum atomic E-state index is 12.5. The Bertz CT molecular complexity index is 467. The van der Waals surface area contributed by atoms with Gasteiger partial charge in [-0.3, -0.25) is 0 Å². The highest BCUT2D eigenvalue weighted by Gasteiger charge is 2.32. The fraction of sp³-hybridized carbons (Fsp3) is 0.615. The quantitative estimate of drug-likeness (QED) is 0.857. The lowest BCUT2D eigenvalue weighted by atomic mass is 10.2. The van der Waals surface area contributed by atoms with Gasteiger partial charge in [-0.25, -0.2) is 4.98 Å². The van der Waals surface area contributed by atoms with E-state index in [1.165, 1.54) is 0 Å². The Labute approximate surface area is 125 Å². The Balaban J connectivity index is 2.10. The summed E-state index contributed by atoms with van der Waals surface area (Å²) in [7, 11) is 0. The van der Waals surface area contributed by atoms with Crippen molar-refractivity contribution in [2.75, 3.05) is 11.1 Å². The highest BCUT2D eigenvalue weighted by atomic mass is 35.5. The number of nitrogens with zero attached hydrogens (tertiary/aromatic N) is 1. The van der Waals surface area contributed by atoms with E-state index in [1.54, 1.807) is 0 Å². The van der Waals surface area contributed by atoms with E-state index in [0.717, 1.165) is 37.3 Å². The number of pyridine rings is 1. The number of aromatic nitrogens is 1. The second kappa shape index (κ2) is 6.43. The Hall–Kier alpha value is -0.620. The van der Waals surface area contributed by atoms with Crippen LogP contribution in [0.25, 0.3) is 0 Å². The normalized spacial score (nSPS) is 23.1. The summed E-state index contributed by atoms with van der Waals surface area (Å²) in [5.74, 6) is 1.37. The summed E-state index contributed by atoms with van der Waals surface area (Å²) >= 11 is 7.77. The van der Waals surface area contributed by atoms with Gasteiger partial charge in [0.05, 0.1) is 10.6 Å². The lowest BCUT2D eigenvalue weighted by molar-refractivity contribution is -0.137. The standard InChI is InChI=1S/C13H16ClF3N2S/c1-2-20-11-5-3-4-10(11)19-12-9(14)6-8(7-18-12)13(15,16)17/h6-7,10-11H,2-5H2,1H3,(H,18,19). The first-order chi connectivity index (χ1) is 9.41. The van der Waals surface area contributed by atoms with E-state index < -0.39 is 11.7 Å². The molecule has 112 valence electrons. The van der Waals surface area contributed by atoms with Crippen molar-refractivity contribution in [3.63, 3.8) is 0 Å². The highest BCUT2D eigenvalue weighted by Crippen LogP contribution is 2.35. The number of alkyl halides is 3. The van der Waals surface area contributed by atoms with Gasteiger partial charge < -0.3 is 5.32 Å². The average molecular weight is 325 g/mol. The number of anilines is 1. The van der Waals surface area contributed by atoms with Gasteiger partial charge in [-0.2, -0.15) is 24.9 Å².